The van der Waals surface area contributed by atoms with Crippen LogP contribution in [0.4, 0.5) is 11.4 Å². The summed E-state index contributed by atoms with van der Waals surface area (Å²) in [6.45, 7) is 3.53. The van der Waals surface area contributed by atoms with Crippen LogP contribution in [0.1, 0.15) is 18.1 Å². The highest BCUT2D eigenvalue weighted by Gasteiger charge is 2.05. The molecule has 4 heteroatoms. The van der Waals surface area contributed by atoms with E-state index in [2.05, 4.69) is 5.32 Å². The number of carbonyl (C=O) groups is 2. The normalized spacial score (nSPS) is 10.6. The van der Waals surface area contributed by atoms with E-state index in [4.69, 9.17) is 0 Å². The lowest BCUT2D eigenvalue weighted by Gasteiger charge is -2.15. The number of benzene rings is 2. The Morgan fingerprint density at radius 1 is 1.00 bits per heavy atom. The molecule has 0 heterocycles. The van der Waals surface area contributed by atoms with Crippen molar-refractivity contribution in [3.63, 3.8) is 0 Å². The summed E-state index contributed by atoms with van der Waals surface area (Å²) in [5, 5.41) is 2.79. The van der Waals surface area contributed by atoms with Crippen LogP contribution in [0.15, 0.2) is 54.6 Å². The number of carbonyl (C=O) groups excluding carboxylic acids is 2. The lowest BCUT2D eigenvalue weighted by molar-refractivity contribution is -0.116. The zero-order valence-corrected chi connectivity index (χ0v) is 13.5. The second-order valence-electron chi connectivity index (χ2n) is 5.36. The van der Waals surface area contributed by atoms with Gasteiger partial charge in [0, 0.05) is 31.4 Å². The van der Waals surface area contributed by atoms with Crippen molar-refractivity contribution in [3.05, 3.63) is 65.7 Å². The molecule has 0 aromatic heterocycles. The lowest BCUT2D eigenvalue weighted by Crippen LogP contribution is -2.22. The number of nitrogens with zero attached hydrogens (tertiary/aromatic N) is 1. The minimum atomic E-state index is -0.196. The Bertz CT molecular complexity index is 716. The molecule has 0 fully saturated rings. The number of hydrogen-bond donors (Lipinski definition) is 1. The molecular formula is C19H20N2O2. The maximum atomic E-state index is 11.9. The molecule has 23 heavy (non-hydrogen) atoms. The van der Waals surface area contributed by atoms with E-state index in [1.165, 1.54) is 18.6 Å². The van der Waals surface area contributed by atoms with Crippen LogP contribution in [0.3, 0.4) is 0 Å². The van der Waals surface area contributed by atoms with Crippen molar-refractivity contribution in [2.45, 2.75) is 13.8 Å². The van der Waals surface area contributed by atoms with Gasteiger partial charge in [-0.1, -0.05) is 29.8 Å². The van der Waals surface area contributed by atoms with Gasteiger partial charge < -0.3 is 10.2 Å². The predicted molar refractivity (Wildman–Crippen MR) is 94.4 cm³/mol. The van der Waals surface area contributed by atoms with Crippen molar-refractivity contribution in [1.82, 2.24) is 0 Å². The van der Waals surface area contributed by atoms with Crippen LogP contribution in [-0.2, 0) is 9.59 Å². The van der Waals surface area contributed by atoms with Gasteiger partial charge in [0.1, 0.15) is 0 Å². The Morgan fingerprint density at radius 3 is 2.17 bits per heavy atom. The number of hydrogen-bond acceptors (Lipinski definition) is 2. The first-order valence-electron chi connectivity index (χ1n) is 7.36. The van der Waals surface area contributed by atoms with Crippen LogP contribution in [0.2, 0.25) is 0 Å². The Hall–Kier alpha value is -2.88. The average Bonchev–Trinajstić information content (AvgIpc) is 2.54. The van der Waals surface area contributed by atoms with Gasteiger partial charge in [-0.3, -0.25) is 9.59 Å². The van der Waals surface area contributed by atoms with Crippen LogP contribution in [0, 0.1) is 6.92 Å². The first-order chi connectivity index (χ1) is 11.0. The maximum Gasteiger partial charge on any atom is 0.248 e. The number of amides is 2. The zero-order chi connectivity index (χ0) is 16.8. The van der Waals surface area contributed by atoms with Crippen LogP contribution in [-0.4, -0.2) is 18.9 Å². The first-order valence-corrected chi connectivity index (χ1v) is 7.36. The van der Waals surface area contributed by atoms with Gasteiger partial charge in [0.2, 0.25) is 11.8 Å². The van der Waals surface area contributed by atoms with E-state index in [-0.39, 0.29) is 11.8 Å². The number of anilines is 2. The molecule has 0 bridgehead atoms. The topological polar surface area (TPSA) is 49.4 Å². The summed E-state index contributed by atoms with van der Waals surface area (Å²) < 4.78 is 0. The number of rotatable bonds is 4. The smallest absolute Gasteiger partial charge is 0.248 e. The summed E-state index contributed by atoms with van der Waals surface area (Å²) in [6, 6.07) is 15.1. The largest absolute Gasteiger partial charge is 0.323 e. The van der Waals surface area contributed by atoms with Gasteiger partial charge in [-0.15, -0.1) is 0 Å². The maximum absolute atomic E-state index is 11.9. The van der Waals surface area contributed by atoms with Gasteiger partial charge in [0.15, 0.2) is 0 Å². The molecule has 0 radical (unpaired) electrons. The molecule has 0 saturated carbocycles. The third-order valence-electron chi connectivity index (χ3n) is 3.50. The minimum Gasteiger partial charge on any atom is -0.323 e. The van der Waals surface area contributed by atoms with Gasteiger partial charge in [0.25, 0.3) is 0 Å². The van der Waals surface area contributed by atoms with Crippen LogP contribution in [0.5, 0.6) is 0 Å². The van der Waals surface area contributed by atoms with Crippen molar-refractivity contribution >= 4 is 29.3 Å². The fourth-order valence-electron chi connectivity index (χ4n) is 1.98. The molecule has 0 spiro atoms. The summed E-state index contributed by atoms with van der Waals surface area (Å²) in [4.78, 5) is 24.8. The highest BCUT2D eigenvalue weighted by Crippen LogP contribution is 2.17. The number of nitrogens with one attached hydrogen (secondary N) is 1. The SMILES string of the molecule is CC(=O)N(C)c1ccc(NC(=O)C=Cc2ccc(C)cc2)cc1. The Balaban J connectivity index is 1.97. The summed E-state index contributed by atoms with van der Waals surface area (Å²) in [6.07, 6.45) is 3.27. The summed E-state index contributed by atoms with van der Waals surface area (Å²) in [5.41, 5.74) is 3.63. The van der Waals surface area contributed by atoms with Crippen LogP contribution < -0.4 is 10.2 Å². The predicted octanol–water partition coefficient (Wildman–Crippen LogP) is 3.63. The summed E-state index contributed by atoms with van der Waals surface area (Å²) in [7, 11) is 1.71. The third kappa shape index (κ3) is 4.81. The molecular weight excluding hydrogens is 288 g/mol. The highest BCUT2D eigenvalue weighted by molar-refractivity contribution is 6.02. The molecule has 2 aromatic rings. The van der Waals surface area contributed by atoms with Crippen molar-refractivity contribution in [2.75, 3.05) is 17.3 Å². The van der Waals surface area contributed by atoms with E-state index in [1.54, 1.807) is 42.3 Å². The van der Waals surface area contributed by atoms with Gasteiger partial charge in [0.05, 0.1) is 0 Å². The van der Waals surface area contributed by atoms with E-state index in [0.717, 1.165) is 11.3 Å². The van der Waals surface area contributed by atoms with Crippen molar-refractivity contribution in [3.8, 4) is 0 Å². The van der Waals surface area contributed by atoms with E-state index in [1.807, 2.05) is 31.2 Å². The van der Waals surface area contributed by atoms with E-state index in [0.29, 0.717) is 5.69 Å². The van der Waals surface area contributed by atoms with Gasteiger partial charge in [-0.2, -0.15) is 0 Å². The molecule has 0 aliphatic rings. The van der Waals surface area contributed by atoms with E-state index >= 15 is 0 Å². The second-order valence-corrected chi connectivity index (χ2v) is 5.36. The quantitative estimate of drug-likeness (QED) is 0.877. The zero-order valence-electron chi connectivity index (χ0n) is 13.5. The second kappa shape index (κ2) is 7.40. The molecule has 0 unspecified atom stereocenters. The van der Waals surface area contributed by atoms with Gasteiger partial charge in [-0.05, 0) is 42.8 Å². The Labute approximate surface area is 136 Å². The fraction of sp³-hybridized carbons (Fsp3) is 0.158. The molecule has 0 saturated heterocycles. The molecule has 0 aliphatic heterocycles. The van der Waals surface area contributed by atoms with Gasteiger partial charge >= 0.3 is 0 Å². The fourth-order valence-corrected chi connectivity index (χ4v) is 1.98. The molecule has 4 nitrogen and oxygen atoms in total. The molecule has 2 rings (SSSR count). The molecule has 0 aliphatic carbocycles. The molecule has 2 amide bonds. The Kier molecular flexibility index (Phi) is 5.31. The summed E-state index contributed by atoms with van der Waals surface area (Å²) >= 11 is 0. The van der Waals surface area contributed by atoms with Gasteiger partial charge in [-0.25, -0.2) is 0 Å². The number of aryl methyl sites for hydroxylation is 1. The lowest BCUT2D eigenvalue weighted by atomic mass is 10.1. The summed E-state index contributed by atoms with van der Waals surface area (Å²) in [5.74, 6) is -0.235. The monoisotopic (exact) mass is 308 g/mol. The van der Waals surface area contributed by atoms with E-state index < -0.39 is 0 Å². The van der Waals surface area contributed by atoms with E-state index in [9.17, 15) is 9.59 Å². The minimum absolute atomic E-state index is 0.0391. The average molecular weight is 308 g/mol. The van der Waals surface area contributed by atoms with Crippen molar-refractivity contribution in [2.24, 2.45) is 0 Å². The highest BCUT2D eigenvalue weighted by atomic mass is 16.2. The molecule has 118 valence electrons. The van der Waals surface area contributed by atoms with Crippen molar-refractivity contribution in [1.29, 1.82) is 0 Å². The van der Waals surface area contributed by atoms with Crippen LogP contribution in [0.25, 0.3) is 6.08 Å². The molecule has 1 N–H and O–H groups in total. The Morgan fingerprint density at radius 2 is 1.61 bits per heavy atom. The standard InChI is InChI=1S/C19H20N2O2/c1-14-4-6-16(7-5-14)8-13-19(23)20-17-9-11-18(12-10-17)21(3)15(2)22/h4-13H,1-3H3,(H,20,23). The van der Waals surface area contributed by atoms with Crippen molar-refractivity contribution < 1.29 is 9.59 Å². The molecule has 0 atom stereocenters. The third-order valence-corrected chi connectivity index (χ3v) is 3.50. The first kappa shape index (κ1) is 16.5. The van der Waals surface area contributed by atoms with Crippen LogP contribution >= 0.6 is 0 Å². The molecule has 2 aromatic carbocycles.